The van der Waals surface area contributed by atoms with Gasteiger partial charge in [0.05, 0.1) is 6.54 Å². The number of hydrogen-bond acceptors (Lipinski definition) is 5. The number of nitrogen functional groups attached to an aromatic ring is 1. The maximum Gasteiger partial charge on any atom is 0.133 e. The fraction of sp³-hybridized carbons (Fsp3) is 0.200. The van der Waals surface area contributed by atoms with Gasteiger partial charge in [-0.2, -0.15) is 0 Å². The van der Waals surface area contributed by atoms with Crippen LogP contribution in [0.2, 0.25) is 0 Å². The van der Waals surface area contributed by atoms with Crippen LogP contribution >= 0.6 is 0 Å². The summed E-state index contributed by atoms with van der Waals surface area (Å²) in [4.78, 5) is 6.30. The molecule has 102 valence electrons. The quantitative estimate of drug-likeness (QED) is 0.740. The SMILES string of the molecule is Cc1cc(CN(C)c2ccc(N)c3ccncc23)no1. The van der Waals surface area contributed by atoms with E-state index >= 15 is 0 Å². The van der Waals surface area contributed by atoms with Gasteiger partial charge in [-0.15, -0.1) is 0 Å². The van der Waals surface area contributed by atoms with Crippen molar-refractivity contribution >= 4 is 22.1 Å². The predicted octanol–water partition coefficient (Wildman–Crippen LogP) is 2.75. The highest BCUT2D eigenvalue weighted by molar-refractivity contribution is 6.00. The number of fused-ring (bicyclic) bond motifs is 1. The van der Waals surface area contributed by atoms with Crippen molar-refractivity contribution < 1.29 is 4.52 Å². The molecule has 0 spiro atoms. The van der Waals surface area contributed by atoms with Gasteiger partial charge in [0, 0.05) is 47.7 Å². The van der Waals surface area contributed by atoms with E-state index in [1.54, 1.807) is 6.20 Å². The minimum atomic E-state index is 0.672. The van der Waals surface area contributed by atoms with Gasteiger partial charge < -0.3 is 15.2 Å². The van der Waals surface area contributed by atoms with Gasteiger partial charge in [0.2, 0.25) is 0 Å². The van der Waals surface area contributed by atoms with Crippen molar-refractivity contribution in [2.75, 3.05) is 17.7 Å². The van der Waals surface area contributed by atoms with Gasteiger partial charge in [-0.05, 0) is 25.1 Å². The summed E-state index contributed by atoms with van der Waals surface area (Å²) < 4.78 is 5.10. The Labute approximate surface area is 117 Å². The zero-order valence-corrected chi connectivity index (χ0v) is 11.5. The summed E-state index contributed by atoms with van der Waals surface area (Å²) in [6, 6.07) is 7.80. The molecule has 3 aromatic rings. The Hall–Kier alpha value is -2.56. The third kappa shape index (κ3) is 2.18. The van der Waals surface area contributed by atoms with Crippen LogP contribution in [-0.2, 0) is 6.54 Å². The number of benzene rings is 1. The van der Waals surface area contributed by atoms with Crippen molar-refractivity contribution in [1.29, 1.82) is 0 Å². The van der Waals surface area contributed by atoms with Crippen LogP contribution in [0, 0.1) is 6.92 Å². The fourth-order valence-electron chi connectivity index (χ4n) is 2.35. The lowest BCUT2D eigenvalue weighted by molar-refractivity contribution is 0.390. The molecule has 3 rings (SSSR count). The van der Waals surface area contributed by atoms with E-state index in [2.05, 4.69) is 15.0 Å². The Balaban J connectivity index is 1.99. The second-order valence-electron chi connectivity index (χ2n) is 4.88. The summed E-state index contributed by atoms with van der Waals surface area (Å²) in [5, 5.41) is 6.07. The van der Waals surface area contributed by atoms with Crippen molar-refractivity contribution in [1.82, 2.24) is 10.1 Å². The van der Waals surface area contributed by atoms with Crippen molar-refractivity contribution in [3.05, 3.63) is 48.1 Å². The Morgan fingerprint density at radius 1 is 1.25 bits per heavy atom. The van der Waals surface area contributed by atoms with Crippen LogP contribution < -0.4 is 10.6 Å². The molecule has 0 saturated carbocycles. The van der Waals surface area contributed by atoms with E-state index in [-0.39, 0.29) is 0 Å². The molecule has 0 bridgehead atoms. The normalized spacial score (nSPS) is 10.9. The Morgan fingerprint density at radius 2 is 2.10 bits per heavy atom. The third-order valence-electron chi connectivity index (χ3n) is 3.32. The van der Waals surface area contributed by atoms with E-state index in [4.69, 9.17) is 10.3 Å². The Bertz CT molecular complexity index is 750. The molecule has 0 saturated heterocycles. The van der Waals surface area contributed by atoms with E-state index < -0.39 is 0 Å². The first-order valence-corrected chi connectivity index (χ1v) is 6.40. The van der Waals surface area contributed by atoms with Crippen LogP contribution in [0.5, 0.6) is 0 Å². The smallest absolute Gasteiger partial charge is 0.133 e. The molecular weight excluding hydrogens is 252 g/mol. The van der Waals surface area contributed by atoms with E-state index in [1.165, 1.54) is 0 Å². The summed E-state index contributed by atoms with van der Waals surface area (Å²) in [5.74, 6) is 0.817. The highest BCUT2D eigenvalue weighted by Crippen LogP contribution is 2.30. The summed E-state index contributed by atoms with van der Waals surface area (Å²) in [7, 11) is 2.02. The number of nitrogens with zero attached hydrogens (tertiary/aromatic N) is 3. The van der Waals surface area contributed by atoms with E-state index in [0.717, 1.165) is 33.6 Å². The second kappa shape index (κ2) is 4.85. The third-order valence-corrected chi connectivity index (χ3v) is 3.32. The van der Waals surface area contributed by atoms with Gasteiger partial charge in [-0.3, -0.25) is 4.98 Å². The fourth-order valence-corrected chi connectivity index (χ4v) is 2.35. The summed E-state index contributed by atoms with van der Waals surface area (Å²) in [5.41, 5.74) is 8.74. The molecule has 0 aliphatic rings. The first kappa shape index (κ1) is 12.5. The Morgan fingerprint density at radius 3 is 2.85 bits per heavy atom. The van der Waals surface area contributed by atoms with Gasteiger partial charge >= 0.3 is 0 Å². The lowest BCUT2D eigenvalue weighted by Crippen LogP contribution is -2.17. The molecule has 2 aromatic heterocycles. The summed E-state index contributed by atoms with van der Waals surface area (Å²) in [6.07, 6.45) is 3.59. The molecule has 0 atom stereocenters. The van der Waals surface area contributed by atoms with Crippen molar-refractivity contribution in [2.45, 2.75) is 13.5 Å². The molecule has 20 heavy (non-hydrogen) atoms. The van der Waals surface area contributed by atoms with Crippen LogP contribution in [0.3, 0.4) is 0 Å². The highest BCUT2D eigenvalue weighted by atomic mass is 16.5. The van der Waals surface area contributed by atoms with E-state index in [1.807, 2.05) is 44.4 Å². The molecule has 5 nitrogen and oxygen atoms in total. The molecule has 0 amide bonds. The zero-order chi connectivity index (χ0) is 14.1. The van der Waals surface area contributed by atoms with Crippen LogP contribution in [0.4, 0.5) is 11.4 Å². The van der Waals surface area contributed by atoms with Crippen LogP contribution in [0.1, 0.15) is 11.5 Å². The van der Waals surface area contributed by atoms with E-state index in [9.17, 15) is 0 Å². The average molecular weight is 268 g/mol. The predicted molar refractivity (Wildman–Crippen MR) is 79.5 cm³/mol. The number of anilines is 2. The molecule has 5 heteroatoms. The Kier molecular flexibility index (Phi) is 3.02. The molecule has 0 aliphatic heterocycles. The maximum absolute atomic E-state index is 6.01. The van der Waals surface area contributed by atoms with Gasteiger partial charge in [-0.25, -0.2) is 0 Å². The topological polar surface area (TPSA) is 68.2 Å². The number of aromatic nitrogens is 2. The molecule has 1 aromatic carbocycles. The molecule has 0 radical (unpaired) electrons. The molecule has 2 N–H and O–H groups in total. The lowest BCUT2D eigenvalue weighted by atomic mass is 10.1. The molecule has 2 heterocycles. The number of hydrogen-bond donors (Lipinski definition) is 1. The first-order chi connectivity index (χ1) is 9.65. The summed E-state index contributed by atoms with van der Waals surface area (Å²) >= 11 is 0. The van der Waals surface area contributed by atoms with Crippen molar-refractivity contribution in [3.8, 4) is 0 Å². The minimum absolute atomic E-state index is 0.672. The van der Waals surface area contributed by atoms with Crippen LogP contribution in [0.15, 0.2) is 41.2 Å². The van der Waals surface area contributed by atoms with Crippen molar-refractivity contribution in [3.63, 3.8) is 0 Å². The van der Waals surface area contributed by atoms with E-state index in [0.29, 0.717) is 6.54 Å². The first-order valence-electron chi connectivity index (χ1n) is 6.40. The molecule has 0 unspecified atom stereocenters. The van der Waals surface area contributed by atoms with Gasteiger partial charge in [0.25, 0.3) is 0 Å². The standard InChI is InChI=1S/C15H16N4O/c1-10-7-11(18-20-10)9-19(2)15-4-3-14(16)12-5-6-17-8-13(12)15/h3-8H,9,16H2,1-2H3. The molecular formula is C15H16N4O. The lowest BCUT2D eigenvalue weighted by Gasteiger charge is -2.20. The van der Waals surface area contributed by atoms with Gasteiger partial charge in [0.1, 0.15) is 11.5 Å². The highest BCUT2D eigenvalue weighted by Gasteiger charge is 2.10. The number of rotatable bonds is 3. The van der Waals surface area contributed by atoms with Crippen LogP contribution in [-0.4, -0.2) is 17.2 Å². The minimum Gasteiger partial charge on any atom is -0.398 e. The zero-order valence-electron chi connectivity index (χ0n) is 11.5. The molecule has 0 fully saturated rings. The van der Waals surface area contributed by atoms with Gasteiger partial charge in [0.15, 0.2) is 0 Å². The number of nitrogens with two attached hydrogens (primary N) is 1. The maximum atomic E-state index is 6.01. The van der Waals surface area contributed by atoms with Crippen molar-refractivity contribution in [2.24, 2.45) is 0 Å². The van der Waals surface area contributed by atoms with Gasteiger partial charge in [-0.1, -0.05) is 5.16 Å². The molecule has 0 aliphatic carbocycles. The average Bonchev–Trinajstić information content (AvgIpc) is 2.84. The van der Waals surface area contributed by atoms with Crippen LogP contribution in [0.25, 0.3) is 10.8 Å². The number of aryl methyl sites for hydroxylation is 1. The monoisotopic (exact) mass is 268 g/mol. The largest absolute Gasteiger partial charge is 0.398 e. The second-order valence-corrected chi connectivity index (χ2v) is 4.88. The number of pyridine rings is 1. The summed E-state index contributed by atoms with van der Waals surface area (Å²) in [6.45, 7) is 2.56.